The van der Waals surface area contributed by atoms with Crippen LogP contribution in [-0.4, -0.2) is 43.2 Å². The van der Waals surface area contributed by atoms with Gasteiger partial charge in [-0.15, -0.1) is 0 Å². The molecule has 132 valence electrons. The molecule has 1 saturated heterocycles. The number of nitrogens with one attached hydrogen (secondary N) is 1. The Balaban J connectivity index is 1.67. The highest BCUT2D eigenvalue weighted by Crippen LogP contribution is 2.38. The number of rotatable bonds is 5. The van der Waals surface area contributed by atoms with Crippen LogP contribution in [0.25, 0.3) is 0 Å². The summed E-state index contributed by atoms with van der Waals surface area (Å²) in [5.41, 5.74) is 1.86. The van der Waals surface area contributed by atoms with Crippen molar-refractivity contribution < 1.29 is 14.3 Å². The molecule has 1 aromatic carbocycles. The van der Waals surface area contributed by atoms with E-state index in [9.17, 15) is 4.79 Å². The topological polar surface area (TPSA) is 50.8 Å². The van der Waals surface area contributed by atoms with Crippen molar-refractivity contribution in [2.24, 2.45) is 5.92 Å². The third-order valence-electron chi connectivity index (χ3n) is 4.82. The van der Waals surface area contributed by atoms with E-state index in [0.29, 0.717) is 18.8 Å². The maximum atomic E-state index is 12.4. The summed E-state index contributed by atoms with van der Waals surface area (Å²) in [5, 5.41) is 3.01. The van der Waals surface area contributed by atoms with E-state index in [2.05, 4.69) is 24.1 Å². The molecule has 0 radical (unpaired) electrons. The number of likely N-dealkylation sites (tertiary alicyclic amines) is 1. The molecule has 1 aromatic rings. The largest absolute Gasteiger partial charge is 0.492 e. The van der Waals surface area contributed by atoms with Crippen molar-refractivity contribution >= 4 is 11.6 Å². The maximum absolute atomic E-state index is 12.4. The Morgan fingerprint density at radius 2 is 2.08 bits per heavy atom. The molecule has 0 aromatic heterocycles. The minimum atomic E-state index is 0.0106. The molecule has 0 spiro atoms. The van der Waals surface area contributed by atoms with E-state index >= 15 is 0 Å². The van der Waals surface area contributed by atoms with Gasteiger partial charge in [-0.2, -0.15) is 0 Å². The fourth-order valence-electron chi connectivity index (χ4n) is 3.42. The van der Waals surface area contributed by atoms with E-state index in [1.54, 1.807) is 0 Å². The summed E-state index contributed by atoms with van der Waals surface area (Å²) in [4.78, 5) is 14.7. The van der Waals surface area contributed by atoms with Gasteiger partial charge in [0.15, 0.2) is 0 Å². The lowest BCUT2D eigenvalue weighted by atomic mass is 9.99. The fourth-order valence-corrected chi connectivity index (χ4v) is 3.42. The summed E-state index contributed by atoms with van der Waals surface area (Å²) in [6.45, 7) is 9.28. The van der Waals surface area contributed by atoms with Crippen LogP contribution in [0.2, 0.25) is 0 Å². The number of carbonyl (C=O) groups is 1. The fraction of sp³-hybridized carbons (Fsp3) is 0.632. The van der Waals surface area contributed by atoms with E-state index in [0.717, 1.165) is 42.5 Å². The Morgan fingerprint density at radius 1 is 1.33 bits per heavy atom. The van der Waals surface area contributed by atoms with Crippen LogP contribution in [-0.2, 0) is 11.2 Å². The average molecular weight is 332 g/mol. The normalized spacial score (nSPS) is 21.2. The molecule has 0 saturated carbocycles. The van der Waals surface area contributed by atoms with E-state index < -0.39 is 0 Å². The monoisotopic (exact) mass is 332 g/mol. The van der Waals surface area contributed by atoms with Crippen molar-refractivity contribution in [2.75, 3.05) is 31.6 Å². The van der Waals surface area contributed by atoms with Crippen LogP contribution < -0.4 is 14.8 Å². The second-order valence-electron chi connectivity index (χ2n) is 7.03. The Hall–Kier alpha value is -1.75. The molecule has 0 aliphatic carbocycles. The third-order valence-corrected chi connectivity index (χ3v) is 4.82. The summed E-state index contributed by atoms with van der Waals surface area (Å²) in [7, 11) is 0. The smallest absolute Gasteiger partial charge is 0.238 e. The second-order valence-corrected chi connectivity index (χ2v) is 7.03. The van der Waals surface area contributed by atoms with Gasteiger partial charge in [0.05, 0.1) is 18.8 Å². The zero-order valence-corrected chi connectivity index (χ0v) is 14.9. The number of fused-ring (bicyclic) bond motifs is 1. The molecule has 24 heavy (non-hydrogen) atoms. The van der Waals surface area contributed by atoms with Crippen molar-refractivity contribution in [3.8, 4) is 11.5 Å². The van der Waals surface area contributed by atoms with Crippen molar-refractivity contribution in [3.05, 3.63) is 17.7 Å². The number of hydrogen-bond acceptors (Lipinski definition) is 4. The summed E-state index contributed by atoms with van der Waals surface area (Å²) in [6, 6.07) is 3.90. The molecule has 1 N–H and O–H groups in total. The second kappa shape index (κ2) is 7.43. The molecule has 5 heteroatoms. The van der Waals surface area contributed by atoms with Crippen molar-refractivity contribution in [2.45, 2.75) is 46.1 Å². The summed E-state index contributed by atoms with van der Waals surface area (Å²) >= 11 is 0. The number of nitrogens with zero attached hydrogens (tertiary/aromatic N) is 1. The van der Waals surface area contributed by atoms with Gasteiger partial charge < -0.3 is 14.8 Å². The number of piperidine rings is 1. The van der Waals surface area contributed by atoms with Crippen molar-refractivity contribution in [1.82, 2.24) is 4.90 Å². The summed E-state index contributed by atoms with van der Waals surface area (Å²) < 4.78 is 11.5. The van der Waals surface area contributed by atoms with E-state index in [-0.39, 0.29) is 12.0 Å². The number of amides is 1. The van der Waals surface area contributed by atoms with E-state index in [1.165, 1.54) is 12.8 Å². The molecular formula is C19H28N2O3. The highest BCUT2D eigenvalue weighted by atomic mass is 16.5. The average Bonchev–Trinajstić information content (AvgIpc) is 2.89. The van der Waals surface area contributed by atoms with Crippen LogP contribution in [0, 0.1) is 5.92 Å². The SMILES string of the molecule is CCOc1cc2c(cc1NC(=O)CN1CCC(C)CC1)OC(C)C2. The van der Waals surface area contributed by atoms with E-state index in [4.69, 9.17) is 9.47 Å². The molecule has 2 heterocycles. The predicted molar refractivity (Wildman–Crippen MR) is 94.9 cm³/mol. The highest BCUT2D eigenvalue weighted by Gasteiger charge is 2.23. The molecule has 1 unspecified atom stereocenters. The van der Waals surface area contributed by atoms with Gasteiger partial charge in [0.1, 0.15) is 17.6 Å². The minimum Gasteiger partial charge on any atom is -0.492 e. The molecule has 5 nitrogen and oxygen atoms in total. The quantitative estimate of drug-likeness (QED) is 0.900. The molecule has 1 fully saturated rings. The Bertz CT molecular complexity index is 595. The van der Waals surface area contributed by atoms with Crippen LogP contribution in [0.3, 0.4) is 0 Å². The Labute approximate surface area is 144 Å². The first-order chi connectivity index (χ1) is 11.5. The first-order valence-corrected chi connectivity index (χ1v) is 9.03. The molecule has 3 rings (SSSR count). The molecule has 2 aliphatic heterocycles. The van der Waals surface area contributed by atoms with Crippen LogP contribution in [0.1, 0.15) is 39.2 Å². The number of benzene rings is 1. The Kier molecular flexibility index (Phi) is 5.29. The van der Waals surface area contributed by atoms with Crippen molar-refractivity contribution in [3.63, 3.8) is 0 Å². The zero-order chi connectivity index (χ0) is 17.1. The van der Waals surface area contributed by atoms with Gasteiger partial charge in [0.25, 0.3) is 0 Å². The van der Waals surface area contributed by atoms with Gasteiger partial charge in [-0.1, -0.05) is 6.92 Å². The lowest BCUT2D eigenvalue weighted by molar-refractivity contribution is -0.117. The van der Waals surface area contributed by atoms with Crippen molar-refractivity contribution in [1.29, 1.82) is 0 Å². The molecule has 1 atom stereocenters. The van der Waals surface area contributed by atoms with Gasteiger partial charge in [-0.05, 0) is 51.8 Å². The molecule has 0 bridgehead atoms. The summed E-state index contributed by atoms with van der Waals surface area (Å²) in [5.74, 6) is 2.36. The van der Waals surface area contributed by atoms with Gasteiger partial charge in [-0.3, -0.25) is 9.69 Å². The van der Waals surface area contributed by atoms with Gasteiger partial charge in [-0.25, -0.2) is 0 Å². The third kappa shape index (κ3) is 4.01. The lowest BCUT2D eigenvalue weighted by Gasteiger charge is -2.29. The number of carbonyl (C=O) groups excluding carboxylic acids is 1. The molecule has 1 amide bonds. The number of hydrogen-bond donors (Lipinski definition) is 1. The predicted octanol–water partition coefficient (Wildman–Crippen LogP) is 3.08. The standard InChI is InChI=1S/C19H28N2O3/c1-4-23-18-10-15-9-14(3)24-17(15)11-16(18)20-19(22)12-21-7-5-13(2)6-8-21/h10-11,13-14H,4-9,12H2,1-3H3,(H,20,22). The lowest BCUT2D eigenvalue weighted by Crippen LogP contribution is -2.38. The van der Waals surface area contributed by atoms with Crippen LogP contribution >= 0.6 is 0 Å². The van der Waals surface area contributed by atoms with Crippen LogP contribution in [0.4, 0.5) is 5.69 Å². The van der Waals surface area contributed by atoms with Crippen LogP contribution in [0.5, 0.6) is 11.5 Å². The maximum Gasteiger partial charge on any atom is 0.238 e. The number of anilines is 1. The number of ether oxygens (including phenoxy) is 2. The Morgan fingerprint density at radius 3 is 2.79 bits per heavy atom. The van der Waals surface area contributed by atoms with E-state index in [1.807, 2.05) is 19.1 Å². The van der Waals surface area contributed by atoms with Gasteiger partial charge in [0, 0.05) is 18.1 Å². The highest BCUT2D eigenvalue weighted by molar-refractivity contribution is 5.94. The molecule has 2 aliphatic rings. The first kappa shape index (κ1) is 17.1. The molecular weight excluding hydrogens is 304 g/mol. The van der Waals surface area contributed by atoms with Crippen LogP contribution in [0.15, 0.2) is 12.1 Å². The zero-order valence-electron chi connectivity index (χ0n) is 14.9. The minimum absolute atomic E-state index is 0.0106. The summed E-state index contributed by atoms with van der Waals surface area (Å²) in [6.07, 6.45) is 3.40. The van der Waals surface area contributed by atoms with Gasteiger partial charge in [0.2, 0.25) is 5.91 Å². The van der Waals surface area contributed by atoms with Gasteiger partial charge >= 0.3 is 0 Å². The first-order valence-electron chi connectivity index (χ1n) is 9.03.